The zero-order valence-corrected chi connectivity index (χ0v) is 14.0. The Hall–Kier alpha value is -2.08. The summed E-state index contributed by atoms with van der Waals surface area (Å²) in [4.78, 5) is 24.8. The van der Waals surface area contributed by atoms with E-state index in [9.17, 15) is 9.59 Å². The van der Waals surface area contributed by atoms with E-state index in [0.29, 0.717) is 4.88 Å². The molecule has 2 aromatic rings. The van der Waals surface area contributed by atoms with Gasteiger partial charge in [-0.25, -0.2) is 0 Å². The third-order valence-corrected chi connectivity index (χ3v) is 5.82. The highest BCUT2D eigenvalue weighted by Crippen LogP contribution is 2.34. The van der Waals surface area contributed by atoms with Gasteiger partial charge in [-0.3, -0.25) is 9.59 Å². The van der Waals surface area contributed by atoms with Crippen molar-refractivity contribution in [1.29, 1.82) is 0 Å². The van der Waals surface area contributed by atoms with Crippen LogP contribution < -0.4 is 15.8 Å². The smallest absolute Gasteiger partial charge is 0.261 e. The summed E-state index contributed by atoms with van der Waals surface area (Å²) in [5.74, 6) is 0.0649. The molecule has 2 atom stereocenters. The number of benzene rings is 1. The van der Waals surface area contributed by atoms with E-state index in [1.807, 2.05) is 25.1 Å². The van der Waals surface area contributed by atoms with Gasteiger partial charge in [0.05, 0.1) is 17.9 Å². The number of nitrogens with one attached hydrogen (secondary N) is 1. The predicted octanol–water partition coefficient (Wildman–Crippen LogP) is 2.60. The van der Waals surface area contributed by atoms with Gasteiger partial charge in [-0.15, -0.1) is 11.3 Å². The number of ether oxygens (including phenoxy) is 1. The number of amides is 2. The van der Waals surface area contributed by atoms with Crippen LogP contribution in [-0.4, -0.2) is 25.0 Å². The number of fused-ring (bicyclic) bond motifs is 1. The standard InChI is InChI=1S/C17H20N2O3S/c1-9-12-8-10(22-2)6-7-14(12)23-15(9)17(21)19-13-5-3-4-11(13)16(18)20/h6-8,11,13H,3-5H2,1-2H3,(H2,18,20)(H,19,21)/t11-,13-/m0/s1. The van der Waals surface area contributed by atoms with Crippen molar-refractivity contribution in [3.05, 3.63) is 28.6 Å². The minimum absolute atomic E-state index is 0.124. The van der Waals surface area contributed by atoms with Gasteiger partial charge in [0.25, 0.3) is 5.91 Å². The lowest BCUT2D eigenvalue weighted by atomic mass is 10.0. The van der Waals surface area contributed by atoms with Gasteiger partial charge in [-0.2, -0.15) is 0 Å². The van der Waals surface area contributed by atoms with Crippen LogP contribution in [0.2, 0.25) is 0 Å². The number of thiophene rings is 1. The lowest BCUT2D eigenvalue weighted by Crippen LogP contribution is -2.42. The zero-order valence-electron chi connectivity index (χ0n) is 13.2. The molecule has 5 nitrogen and oxygen atoms in total. The zero-order chi connectivity index (χ0) is 16.6. The molecular weight excluding hydrogens is 312 g/mol. The van der Waals surface area contributed by atoms with Gasteiger partial charge in [-0.1, -0.05) is 6.42 Å². The Morgan fingerprint density at radius 3 is 2.83 bits per heavy atom. The van der Waals surface area contributed by atoms with Crippen molar-refractivity contribution < 1.29 is 14.3 Å². The third kappa shape index (κ3) is 2.91. The van der Waals surface area contributed by atoms with E-state index >= 15 is 0 Å². The van der Waals surface area contributed by atoms with Gasteiger partial charge in [0.2, 0.25) is 5.91 Å². The van der Waals surface area contributed by atoms with Crippen molar-refractivity contribution in [2.45, 2.75) is 32.2 Å². The molecule has 1 fully saturated rings. The minimum Gasteiger partial charge on any atom is -0.497 e. The van der Waals surface area contributed by atoms with Gasteiger partial charge in [0, 0.05) is 10.7 Å². The van der Waals surface area contributed by atoms with Gasteiger partial charge in [0.1, 0.15) is 5.75 Å². The normalized spacial score (nSPS) is 20.6. The largest absolute Gasteiger partial charge is 0.497 e. The maximum absolute atomic E-state index is 12.6. The topological polar surface area (TPSA) is 81.4 Å². The number of hydrogen-bond acceptors (Lipinski definition) is 4. The summed E-state index contributed by atoms with van der Waals surface area (Å²) in [7, 11) is 1.63. The van der Waals surface area contributed by atoms with Gasteiger partial charge in [0.15, 0.2) is 0 Å². The van der Waals surface area contributed by atoms with Crippen LogP contribution in [0, 0.1) is 12.8 Å². The molecule has 3 rings (SSSR count). The molecule has 2 amide bonds. The Morgan fingerprint density at radius 1 is 1.35 bits per heavy atom. The second-order valence-corrected chi connectivity index (χ2v) is 6.99. The van der Waals surface area contributed by atoms with Crippen molar-refractivity contribution in [3.8, 4) is 5.75 Å². The number of hydrogen-bond donors (Lipinski definition) is 2. The molecule has 1 aliphatic rings. The average Bonchev–Trinajstić information content (AvgIpc) is 3.12. The first-order valence-electron chi connectivity index (χ1n) is 7.68. The van der Waals surface area contributed by atoms with E-state index < -0.39 is 0 Å². The molecule has 0 unspecified atom stereocenters. The predicted molar refractivity (Wildman–Crippen MR) is 90.9 cm³/mol. The second kappa shape index (κ2) is 6.20. The number of carbonyl (C=O) groups is 2. The number of primary amides is 1. The van der Waals surface area contributed by atoms with Crippen LogP contribution in [0.15, 0.2) is 18.2 Å². The van der Waals surface area contributed by atoms with E-state index in [4.69, 9.17) is 10.5 Å². The van der Waals surface area contributed by atoms with Crippen LogP contribution >= 0.6 is 11.3 Å². The molecule has 3 N–H and O–H groups in total. The van der Waals surface area contributed by atoms with Gasteiger partial charge >= 0.3 is 0 Å². The number of carbonyl (C=O) groups excluding carboxylic acids is 2. The number of aryl methyl sites for hydroxylation is 1. The Balaban J connectivity index is 1.86. The second-order valence-electron chi connectivity index (χ2n) is 5.94. The highest BCUT2D eigenvalue weighted by Gasteiger charge is 2.33. The van der Waals surface area contributed by atoms with E-state index in [0.717, 1.165) is 40.7 Å². The molecule has 122 valence electrons. The molecule has 0 radical (unpaired) electrons. The molecule has 1 saturated carbocycles. The molecule has 1 aromatic heterocycles. The first-order valence-corrected chi connectivity index (χ1v) is 8.50. The first kappa shape index (κ1) is 15.8. The fourth-order valence-electron chi connectivity index (χ4n) is 3.25. The van der Waals surface area contributed by atoms with E-state index in [1.54, 1.807) is 7.11 Å². The summed E-state index contributed by atoms with van der Waals surface area (Å²) < 4.78 is 6.30. The lowest BCUT2D eigenvalue weighted by Gasteiger charge is -2.18. The van der Waals surface area contributed by atoms with Crippen molar-refractivity contribution >= 4 is 33.2 Å². The quantitative estimate of drug-likeness (QED) is 0.903. The molecule has 1 heterocycles. The summed E-state index contributed by atoms with van der Waals surface area (Å²) in [6.45, 7) is 1.94. The van der Waals surface area contributed by atoms with Gasteiger partial charge < -0.3 is 15.8 Å². The van der Waals surface area contributed by atoms with E-state index in [2.05, 4.69) is 5.32 Å². The van der Waals surface area contributed by atoms with Crippen LogP contribution in [0.1, 0.15) is 34.5 Å². The third-order valence-electron chi connectivity index (χ3n) is 4.55. The molecule has 23 heavy (non-hydrogen) atoms. The Kier molecular flexibility index (Phi) is 4.26. The maximum Gasteiger partial charge on any atom is 0.261 e. The van der Waals surface area contributed by atoms with Crippen LogP contribution in [0.4, 0.5) is 0 Å². The Bertz CT molecular complexity index is 769. The summed E-state index contributed by atoms with van der Waals surface area (Å²) in [5, 5.41) is 4.02. The molecule has 0 aliphatic heterocycles. The van der Waals surface area contributed by atoms with Crippen LogP contribution in [0.25, 0.3) is 10.1 Å². The van der Waals surface area contributed by atoms with Crippen molar-refractivity contribution in [2.24, 2.45) is 11.7 Å². The summed E-state index contributed by atoms with van der Waals surface area (Å²) in [5.41, 5.74) is 6.36. The number of rotatable bonds is 4. The average molecular weight is 332 g/mol. The highest BCUT2D eigenvalue weighted by atomic mass is 32.1. The van der Waals surface area contributed by atoms with Crippen molar-refractivity contribution in [3.63, 3.8) is 0 Å². The Morgan fingerprint density at radius 2 is 2.13 bits per heavy atom. The van der Waals surface area contributed by atoms with Gasteiger partial charge in [-0.05, 0) is 48.9 Å². The fourth-order valence-corrected chi connectivity index (χ4v) is 4.34. The number of methoxy groups -OCH3 is 1. The molecule has 0 saturated heterocycles. The molecule has 1 aliphatic carbocycles. The van der Waals surface area contributed by atoms with Crippen molar-refractivity contribution in [2.75, 3.05) is 7.11 Å². The van der Waals surface area contributed by atoms with Crippen molar-refractivity contribution in [1.82, 2.24) is 5.32 Å². The molecule has 1 aromatic carbocycles. The SMILES string of the molecule is COc1ccc2sc(C(=O)N[C@H]3CCC[C@@H]3C(N)=O)c(C)c2c1. The summed E-state index contributed by atoms with van der Waals surface area (Å²) in [6, 6.07) is 5.64. The monoisotopic (exact) mass is 332 g/mol. The highest BCUT2D eigenvalue weighted by molar-refractivity contribution is 7.21. The Labute approximate surface area is 138 Å². The van der Waals surface area contributed by atoms with E-state index in [1.165, 1.54) is 11.3 Å². The molecule has 0 bridgehead atoms. The molecular formula is C17H20N2O3S. The first-order chi connectivity index (χ1) is 11.0. The summed E-state index contributed by atoms with van der Waals surface area (Å²) >= 11 is 1.46. The fraction of sp³-hybridized carbons (Fsp3) is 0.412. The van der Waals surface area contributed by atoms with Crippen LogP contribution in [0.5, 0.6) is 5.75 Å². The molecule has 0 spiro atoms. The number of nitrogens with two attached hydrogens (primary N) is 1. The molecule has 6 heteroatoms. The van der Waals surface area contributed by atoms with Crippen LogP contribution in [-0.2, 0) is 4.79 Å². The van der Waals surface area contributed by atoms with Crippen LogP contribution in [0.3, 0.4) is 0 Å². The van der Waals surface area contributed by atoms with E-state index in [-0.39, 0.29) is 23.8 Å². The lowest BCUT2D eigenvalue weighted by molar-refractivity contribution is -0.122. The minimum atomic E-state index is -0.328. The summed E-state index contributed by atoms with van der Waals surface area (Å²) in [6.07, 6.45) is 2.47. The maximum atomic E-state index is 12.6.